The summed E-state index contributed by atoms with van der Waals surface area (Å²) in [5.74, 6) is 0.785. The lowest BCUT2D eigenvalue weighted by Crippen LogP contribution is -2.30. The van der Waals surface area contributed by atoms with Crippen molar-refractivity contribution in [3.8, 4) is 0 Å². The van der Waals surface area contributed by atoms with Crippen molar-refractivity contribution in [2.75, 3.05) is 0 Å². The average Bonchev–Trinajstić information content (AvgIpc) is 2.33. The Morgan fingerprint density at radius 1 is 1.22 bits per heavy atom. The molecule has 0 aromatic heterocycles. The quantitative estimate of drug-likeness (QED) is 0.751. The van der Waals surface area contributed by atoms with Crippen LogP contribution in [0.15, 0.2) is 30.3 Å². The zero-order chi connectivity index (χ0) is 13.2. The molecule has 1 atom stereocenters. The van der Waals surface area contributed by atoms with E-state index in [-0.39, 0.29) is 5.41 Å². The smallest absolute Gasteiger partial charge is 0.133 e. The van der Waals surface area contributed by atoms with Crippen LogP contribution < -0.4 is 0 Å². The van der Waals surface area contributed by atoms with Gasteiger partial charge in [0.05, 0.1) is 0 Å². The molecule has 96 valence electrons. The molecule has 1 saturated carbocycles. The van der Waals surface area contributed by atoms with Crippen molar-refractivity contribution in [1.82, 2.24) is 0 Å². The van der Waals surface area contributed by atoms with E-state index in [0.717, 1.165) is 12.8 Å². The standard InChI is InChI=1S/C17H22O/c1-13-4-6-14(7-5-13)8-9-15-12-16(18)10-11-17(15,2)3/h4-9,15H,10-12H2,1-3H3/b9-8-. The van der Waals surface area contributed by atoms with Crippen molar-refractivity contribution in [2.24, 2.45) is 11.3 Å². The monoisotopic (exact) mass is 242 g/mol. The number of hydrogen-bond acceptors (Lipinski definition) is 1. The molecule has 0 bridgehead atoms. The first-order valence-electron chi connectivity index (χ1n) is 6.74. The minimum absolute atomic E-state index is 0.245. The molecule has 1 aliphatic rings. The summed E-state index contributed by atoms with van der Waals surface area (Å²) in [5, 5.41) is 0. The number of Topliss-reactive ketones (excluding diaryl/α,β-unsaturated/α-hetero) is 1. The lowest BCUT2D eigenvalue weighted by molar-refractivity contribution is -0.123. The fourth-order valence-electron chi connectivity index (χ4n) is 2.50. The number of ketones is 1. The molecule has 1 nitrogen and oxygen atoms in total. The van der Waals surface area contributed by atoms with E-state index >= 15 is 0 Å². The predicted molar refractivity (Wildman–Crippen MR) is 76.3 cm³/mol. The number of rotatable bonds is 2. The third-order valence-corrected chi connectivity index (χ3v) is 4.10. The molecule has 1 unspecified atom stereocenters. The molecule has 1 fully saturated rings. The molecule has 0 radical (unpaired) electrons. The Morgan fingerprint density at radius 2 is 1.89 bits per heavy atom. The van der Waals surface area contributed by atoms with Crippen LogP contribution in [0.25, 0.3) is 6.08 Å². The number of hydrogen-bond donors (Lipinski definition) is 0. The third kappa shape index (κ3) is 3.10. The van der Waals surface area contributed by atoms with E-state index < -0.39 is 0 Å². The molecule has 0 saturated heterocycles. The van der Waals surface area contributed by atoms with Gasteiger partial charge in [0.15, 0.2) is 0 Å². The second-order valence-electron chi connectivity index (χ2n) is 6.11. The Labute approximate surface area is 110 Å². The lowest BCUT2D eigenvalue weighted by atomic mass is 9.68. The number of allylic oxidation sites excluding steroid dienone is 1. The van der Waals surface area contributed by atoms with Gasteiger partial charge < -0.3 is 0 Å². The summed E-state index contributed by atoms with van der Waals surface area (Å²) in [6.07, 6.45) is 6.85. The largest absolute Gasteiger partial charge is 0.300 e. The normalized spacial score (nSPS) is 23.5. The SMILES string of the molecule is Cc1ccc(/C=C\C2CC(=O)CCC2(C)C)cc1. The fraction of sp³-hybridized carbons (Fsp3) is 0.471. The molecule has 1 aromatic carbocycles. The highest BCUT2D eigenvalue weighted by Crippen LogP contribution is 2.40. The average molecular weight is 242 g/mol. The van der Waals surface area contributed by atoms with Crippen LogP contribution in [-0.4, -0.2) is 5.78 Å². The highest BCUT2D eigenvalue weighted by atomic mass is 16.1. The summed E-state index contributed by atoms with van der Waals surface area (Å²) < 4.78 is 0. The van der Waals surface area contributed by atoms with Crippen molar-refractivity contribution < 1.29 is 4.79 Å². The van der Waals surface area contributed by atoms with Gasteiger partial charge >= 0.3 is 0 Å². The molecular formula is C17H22O. The summed E-state index contributed by atoms with van der Waals surface area (Å²) in [6.45, 7) is 6.63. The molecule has 0 amide bonds. The van der Waals surface area contributed by atoms with E-state index in [9.17, 15) is 4.79 Å². The van der Waals surface area contributed by atoms with Crippen molar-refractivity contribution in [2.45, 2.75) is 40.0 Å². The van der Waals surface area contributed by atoms with Gasteiger partial charge in [-0.3, -0.25) is 4.79 Å². The molecule has 1 heteroatoms. The molecule has 0 heterocycles. The predicted octanol–water partition coefficient (Wildman–Crippen LogP) is 4.40. The van der Waals surface area contributed by atoms with E-state index in [1.54, 1.807) is 0 Å². The van der Waals surface area contributed by atoms with Crippen LogP contribution in [0.2, 0.25) is 0 Å². The summed E-state index contributed by atoms with van der Waals surface area (Å²) in [7, 11) is 0. The van der Waals surface area contributed by atoms with Gasteiger partial charge in [0, 0.05) is 12.8 Å². The van der Waals surface area contributed by atoms with E-state index in [0.29, 0.717) is 18.1 Å². The van der Waals surface area contributed by atoms with E-state index in [1.165, 1.54) is 11.1 Å². The van der Waals surface area contributed by atoms with Crippen LogP contribution in [0.5, 0.6) is 0 Å². The van der Waals surface area contributed by atoms with Crippen LogP contribution in [0.3, 0.4) is 0 Å². The van der Waals surface area contributed by atoms with Crippen LogP contribution in [0, 0.1) is 18.3 Å². The summed E-state index contributed by atoms with van der Waals surface area (Å²) in [4.78, 5) is 11.6. The molecule has 1 aliphatic carbocycles. The van der Waals surface area contributed by atoms with Gasteiger partial charge in [-0.25, -0.2) is 0 Å². The first kappa shape index (κ1) is 13.1. The van der Waals surface area contributed by atoms with Gasteiger partial charge in [-0.15, -0.1) is 0 Å². The Balaban J connectivity index is 2.11. The first-order chi connectivity index (χ1) is 8.47. The van der Waals surface area contributed by atoms with Gasteiger partial charge in [0.1, 0.15) is 5.78 Å². The summed E-state index contributed by atoms with van der Waals surface area (Å²) in [5.41, 5.74) is 2.74. The number of carbonyl (C=O) groups is 1. The first-order valence-corrected chi connectivity index (χ1v) is 6.74. The Hall–Kier alpha value is -1.37. The summed E-state index contributed by atoms with van der Waals surface area (Å²) in [6, 6.07) is 8.50. The Kier molecular flexibility index (Phi) is 3.70. The van der Waals surface area contributed by atoms with Crippen molar-refractivity contribution in [1.29, 1.82) is 0 Å². The zero-order valence-corrected chi connectivity index (χ0v) is 11.6. The van der Waals surface area contributed by atoms with E-state index in [4.69, 9.17) is 0 Å². The molecule has 1 aromatic rings. The van der Waals surface area contributed by atoms with E-state index in [1.807, 2.05) is 0 Å². The Bertz CT molecular complexity index is 451. The van der Waals surface area contributed by atoms with Crippen LogP contribution in [0.4, 0.5) is 0 Å². The maximum atomic E-state index is 11.6. The topological polar surface area (TPSA) is 17.1 Å². The van der Waals surface area contributed by atoms with Crippen molar-refractivity contribution >= 4 is 11.9 Å². The van der Waals surface area contributed by atoms with Gasteiger partial charge in [-0.05, 0) is 30.2 Å². The molecule has 18 heavy (non-hydrogen) atoms. The minimum Gasteiger partial charge on any atom is -0.300 e. The molecular weight excluding hydrogens is 220 g/mol. The maximum Gasteiger partial charge on any atom is 0.133 e. The maximum absolute atomic E-state index is 11.6. The van der Waals surface area contributed by atoms with Crippen molar-refractivity contribution in [3.05, 3.63) is 41.5 Å². The van der Waals surface area contributed by atoms with Crippen LogP contribution >= 0.6 is 0 Å². The van der Waals surface area contributed by atoms with Gasteiger partial charge in [-0.2, -0.15) is 0 Å². The van der Waals surface area contributed by atoms with Crippen molar-refractivity contribution in [3.63, 3.8) is 0 Å². The molecule has 0 aliphatic heterocycles. The Morgan fingerprint density at radius 3 is 2.56 bits per heavy atom. The highest BCUT2D eigenvalue weighted by molar-refractivity contribution is 5.80. The van der Waals surface area contributed by atoms with Gasteiger partial charge in [0.2, 0.25) is 0 Å². The van der Waals surface area contributed by atoms with E-state index in [2.05, 4.69) is 57.2 Å². The fourth-order valence-corrected chi connectivity index (χ4v) is 2.50. The molecule has 0 spiro atoms. The zero-order valence-electron chi connectivity index (χ0n) is 11.6. The van der Waals surface area contributed by atoms with Gasteiger partial charge in [0.25, 0.3) is 0 Å². The van der Waals surface area contributed by atoms with Crippen LogP contribution in [-0.2, 0) is 4.79 Å². The summed E-state index contributed by atoms with van der Waals surface area (Å²) >= 11 is 0. The molecule has 2 rings (SSSR count). The highest BCUT2D eigenvalue weighted by Gasteiger charge is 2.33. The van der Waals surface area contributed by atoms with Gasteiger partial charge in [-0.1, -0.05) is 55.8 Å². The number of aryl methyl sites for hydroxylation is 1. The molecule has 0 N–H and O–H groups in total. The second-order valence-corrected chi connectivity index (χ2v) is 6.11. The third-order valence-electron chi connectivity index (χ3n) is 4.10. The second kappa shape index (κ2) is 5.09. The number of benzene rings is 1. The lowest BCUT2D eigenvalue weighted by Gasteiger charge is -2.36. The van der Waals surface area contributed by atoms with Crippen LogP contribution in [0.1, 0.15) is 44.2 Å². The minimum atomic E-state index is 0.245. The number of carbonyl (C=O) groups excluding carboxylic acids is 1.